The summed E-state index contributed by atoms with van der Waals surface area (Å²) in [5.41, 5.74) is 3.23. The molecule has 2 aromatic heterocycles. The highest BCUT2D eigenvalue weighted by Gasteiger charge is 2.14. The van der Waals surface area contributed by atoms with Crippen molar-refractivity contribution in [1.29, 1.82) is 0 Å². The van der Waals surface area contributed by atoms with Gasteiger partial charge in [-0.3, -0.25) is 14.5 Å². The molecule has 0 amide bonds. The van der Waals surface area contributed by atoms with Gasteiger partial charge < -0.3 is 0 Å². The van der Waals surface area contributed by atoms with E-state index in [9.17, 15) is 4.79 Å². The molecule has 18 heavy (non-hydrogen) atoms. The fourth-order valence-corrected chi connectivity index (χ4v) is 1.86. The van der Waals surface area contributed by atoms with Gasteiger partial charge >= 0.3 is 0 Å². The van der Waals surface area contributed by atoms with Crippen LogP contribution in [0.1, 0.15) is 27.3 Å². The van der Waals surface area contributed by atoms with Crippen LogP contribution in [0.3, 0.4) is 0 Å². The molecule has 0 spiro atoms. The van der Waals surface area contributed by atoms with Gasteiger partial charge in [0, 0.05) is 25.1 Å². The second-order valence-corrected chi connectivity index (χ2v) is 4.15. The first kappa shape index (κ1) is 12.2. The molecule has 0 aromatic carbocycles. The lowest BCUT2D eigenvalue weighted by atomic mass is 10.1. The first-order valence-corrected chi connectivity index (χ1v) is 5.72. The number of aryl methyl sites for hydroxylation is 2. The molecule has 0 N–H and O–H groups in total. The van der Waals surface area contributed by atoms with E-state index < -0.39 is 0 Å². The molecule has 0 bridgehead atoms. The molecule has 2 heterocycles. The molecule has 92 valence electrons. The van der Waals surface area contributed by atoms with E-state index in [1.165, 1.54) is 0 Å². The third-order valence-corrected chi connectivity index (χ3v) is 2.87. The van der Waals surface area contributed by atoms with Crippen LogP contribution in [-0.2, 0) is 7.05 Å². The SMILES string of the molecule is Cc1nn(C)c(C)c1C(=O)/C=C\c1cccnc1. The Morgan fingerprint density at radius 1 is 1.39 bits per heavy atom. The van der Waals surface area contributed by atoms with Crippen LogP contribution in [0.2, 0.25) is 0 Å². The summed E-state index contributed by atoms with van der Waals surface area (Å²) in [5, 5.41) is 4.24. The Balaban J connectivity index is 2.25. The minimum Gasteiger partial charge on any atom is -0.289 e. The zero-order valence-corrected chi connectivity index (χ0v) is 10.7. The molecule has 0 saturated carbocycles. The lowest BCUT2D eigenvalue weighted by Gasteiger charge is -1.96. The summed E-state index contributed by atoms with van der Waals surface area (Å²) < 4.78 is 1.72. The first-order chi connectivity index (χ1) is 8.59. The molecule has 0 radical (unpaired) electrons. The fourth-order valence-electron chi connectivity index (χ4n) is 1.86. The molecule has 0 aliphatic rings. The Morgan fingerprint density at radius 3 is 2.72 bits per heavy atom. The Hall–Kier alpha value is -2.23. The number of carbonyl (C=O) groups excluding carboxylic acids is 1. The van der Waals surface area contributed by atoms with Gasteiger partial charge in [0.1, 0.15) is 0 Å². The van der Waals surface area contributed by atoms with E-state index in [2.05, 4.69) is 10.1 Å². The standard InChI is InChI=1S/C14H15N3O/c1-10-14(11(2)17(3)16-10)13(18)7-6-12-5-4-8-15-9-12/h4-9H,1-3H3/b7-6-. The molecule has 0 atom stereocenters. The van der Waals surface area contributed by atoms with Gasteiger partial charge in [-0.1, -0.05) is 6.07 Å². The van der Waals surface area contributed by atoms with Crippen LogP contribution in [-0.4, -0.2) is 20.5 Å². The normalized spacial score (nSPS) is 11.1. The van der Waals surface area contributed by atoms with Crippen LogP contribution in [0.25, 0.3) is 6.08 Å². The van der Waals surface area contributed by atoms with Gasteiger partial charge in [-0.2, -0.15) is 5.10 Å². The van der Waals surface area contributed by atoms with E-state index in [1.54, 1.807) is 29.2 Å². The minimum absolute atomic E-state index is 0.0260. The summed E-state index contributed by atoms with van der Waals surface area (Å²) in [4.78, 5) is 16.1. The number of pyridine rings is 1. The van der Waals surface area contributed by atoms with Gasteiger partial charge in [0.05, 0.1) is 11.3 Å². The van der Waals surface area contributed by atoms with Crippen molar-refractivity contribution in [1.82, 2.24) is 14.8 Å². The van der Waals surface area contributed by atoms with Gasteiger partial charge in [-0.15, -0.1) is 0 Å². The summed E-state index contributed by atoms with van der Waals surface area (Å²) in [7, 11) is 1.84. The average Bonchev–Trinajstić information content (AvgIpc) is 2.62. The third kappa shape index (κ3) is 2.37. The monoisotopic (exact) mass is 241 g/mol. The largest absolute Gasteiger partial charge is 0.289 e. The molecular weight excluding hydrogens is 226 g/mol. The fraction of sp³-hybridized carbons (Fsp3) is 0.214. The molecule has 0 saturated heterocycles. The number of hydrogen-bond acceptors (Lipinski definition) is 3. The average molecular weight is 241 g/mol. The topological polar surface area (TPSA) is 47.8 Å². The van der Waals surface area contributed by atoms with Crippen LogP contribution in [0.15, 0.2) is 30.6 Å². The molecule has 2 rings (SSSR count). The second-order valence-electron chi connectivity index (χ2n) is 4.15. The number of hydrogen-bond donors (Lipinski definition) is 0. The number of nitrogens with zero attached hydrogens (tertiary/aromatic N) is 3. The molecule has 0 fully saturated rings. The van der Waals surface area contributed by atoms with Crippen molar-refractivity contribution in [3.8, 4) is 0 Å². The second kappa shape index (κ2) is 4.96. The van der Waals surface area contributed by atoms with Crippen molar-refractivity contribution < 1.29 is 4.79 Å². The zero-order valence-electron chi connectivity index (χ0n) is 10.7. The Labute approximate surface area is 106 Å². The number of aromatic nitrogens is 3. The highest BCUT2D eigenvalue weighted by Crippen LogP contribution is 2.13. The van der Waals surface area contributed by atoms with Crippen molar-refractivity contribution in [2.24, 2.45) is 7.05 Å². The van der Waals surface area contributed by atoms with Crippen LogP contribution in [0.5, 0.6) is 0 Å². The van der Waals surface area contributed by atoms with Crippen LogP contribution in [0, 0.1) is 13.8 Å². The maximum absolute atomic E-state index is 12.1. The summed E-state index contributed by atoms with van der Waals surface area (Å²) in [6, 6.07) is 3.74. The Kier molecular flexibility index (Phi) is 3.37. The maximum atomic E-state index is 12.1. The third-order valence-electron chi connectivity index (χ3n) is 2.87. The predicted molar refractivity (Wildman–Crippen MR) is 70.3 cm³/mol. The molecule has 0 unspecified atom stereocenters. The highest BCUT2D eigenvalue weighted by atomic mass is 16.1. The molecule has 0 aliphatic heterocycles. The van der Waals surface area contributed by atoms with E-state index in [0.29, 0.717) is 5.56 Å². The van der Waals surface area contributed by atoms with E-state index in [4.69, 9.17) is 0 Å². The van der Waals surface area contributed by atoms with Gasteiger partial charge in [0.15, 0.2) is 5.78 Å². The minimum atomic E-state index is -0.0260. The molecule has 2 aromatic rings. The van der Waals surface area contributed by atoms with E-state index in [0.717, 1.165) is 17.0 Å². The van der Waals surface area contributed by atoms with Crippen molar-refractivity contribution in [3.63, 3.8) is 0 Å². The van der Waals surface area contributed by atoms with Crippen LogP contribution >= 0.6 is 0 Å². The van der Waals surface area contributed by atoms with Crippen molar-refractivity contribution in [2.45, 2.75) is 13.8 Å². The Morgan fingerprint density at radius 2 is 2.17 bits per heavy atom. The van der Waals surface area contributed by atoms with Gasteiger partial charge in [0.2, 0.25) is 0 Å². The van der Waals surface area contributed by atoms with Crippen molar-refractivity contribution in [3.05, 3.63) is 53.1 Å². The number of ketones is 1. The first-order valence-electron chi connectivity index (χ1n) is 5.72. The summed E-state index contributed by atoms with van der Waals surface area (Å²) in [6.45, 7) is 3.74. The maximum Gasteiger partial charge on any atom is 0.189 e. The van der Waals surface area contributed by atoms with Crippen LogP contribution < -0.4 is 0 Å². The zero-order chi connectivity index (χ0) is 13.1. The smallest absolute Gasteiger partial charge is 0.189 e. The molecule has 4 heteroatoms. The summed E-state index contributed by atoms with van der Waals surface area (Å²) in [5.74, 6) is -0.0260. The van der Waals surface area contributed by atoms with E-state index in [1.807, 2.05) is 33.0 Å². The van der Waals surface area contributed by atoms with E-state index >= 15 is 0 Å². The quantitative estimate of drug-likeness (QED) is 0.612. The van der Waals surface area contributed by atoms with Crippen LogP contribution in [0.4, 0.5) is 0 Å². The summed E-state index contributed by atoms with van der Waals surface area (Å²) >= 11 is 0. The predicted octanol–water partition coefficient (Wildman–Crippen LogP) is 2.33. The van der Waals surface area contributed by atoms with Crippen molar-refractivity contribution >= 4 is 11.9 Å². The molecule has 0 aliphatic carbocycles. The lowest BCUT2D eigenvalue weighted by molar-refractivity contribution is 0.104. The van der Waals surface area contributed by atoms with Crippen molar-refractivity contribution in [2.75, 3.05) is 0 Å². The number of rotatable bonds is 3. The molecular formula is C14H15N3O. The molecule has 4 nitrogen and oxygen atoms in total. The number of allylic oxidation sites excluding steroid dienone is 1. The summed E-state index contributed by atoms with van der Waals surface area (Å²) in [6.07, 6.45) is 6.75. The lowest BCUT2D eigenvalue weighted by Crippen LogP contribution is -1.99. The van der Waals surface area contributed by atoms with Gasteiger partial charge in [-0.05, 0) is 37.6 Å². The highest BCUT2D eigenvalue weighted by molar-refractivity contribution is 6.08. The van der Waals surface area contributed by atoms with Gasteiger partial charge in [0.25, 0.3) is 0 Å². The van der Waals surface area contributed by atoms with E-state index in [-0.39, 0.29) is 5.78 Å². The number of carbonyl (C=O) groups is 1. The van der Waals surface area contributed by atoms with Gasteiger partial charge in [-0.25, -0.2) is 0 Å². The Bertz CT molecular complexity index is 597.